The first-order valence-corrected chi connectivity index (χ1v) is 11.7. The van der Waals surface area contributed by atoms with E-state index >= 15 is 0 Å². The van der Waals surface area contributed by atoms with E-state index in [0.717, 1.165) is 5.56 Å². The Kier molecular flexibility index (Phi) is 7.53. The highest BCUT2D eigenvalue weighted by atomic mass is 16.5. The van der Waals surface area contributed by atoms with Gasteiger partial charge in [-0.25, -0.2) is 0 Å². The number of nitrogens with zero attached hydrogens (tertiary/aromatic N) is 2. The van der Waals surface area contributed by atoms with Gasteiger partial charge in [0.1, 0.15) is 11.5 Å². The molecule has 1 fully saturated rings. The summed E-state index contributed by atoms with van der Waals surface area (Å²) in [7, 11) is 1.52. The molecule has 0 radical (unpaired) electrons. The summed E-state index contributed by atoms with van der Waals surface area (Å²) in [5.74, 6) is -0.0870. The molecule has 0 aliphatic carbocycles. The van der Waals surface area contributed by atoms with Crippen LogP contribution in [0.4, 0.5) is 0 Å². The molecule has 1 amide bonds. The Hall–Kier alpha value is -4.33. The van der Waals surface area contributed by atoms with Crippen LogP contribution in [0.15, 0.2) is 72.6 Å². The fourth-order valence-electron chi connectivity index (χ4n) is 4.24. The maximum Gasteiger partial charge on any atom is 0.295 e. The average Bonchev–Trinajstić information content (AvgIpc) is 3.15. The van der Waals surface area contributed by atoms with Crippen molar-refractivity contribution in [3.63, 3.8) is 0 Å². The van der Waals surface area contributed by atoms with Gasteiger partial charge in [0.25, 0.3) is 11.7 Å². The Morgan fingerprint density at radius 1 is 1.00 bits per heavy atom. The van der Waals surface area contributed by atoms with Crippen molar-refractivity contribution in [2.24, 2.45) is 0 Å². The van der Waals surface area contributed by atoms with Gasteiger partial charge in [-0.1, -0.05) is 12.1 Å². The number of benzene rings is 2. The number of Topliss-reactive ketones (excluding diaryl/α,β-unsaturated/α-hetero) is 1. The van der Waals surface area contributed by atoms with Crippen LogP contribution in [-0.4, -0.2) is 47.0 Å². The number of hydrogen-bond acceptors (Lipinski definition) is 7. The molecule has 1 N–H and O–H groups in total. The van der Waals surface area contributed by atoms with E-state index in [-0.39, 0.29) is 17.9 Å². The van der Waals surface area contributed by atoms with Crippen LogP contribution in [0.1, 0.15) is 36.6 Å². The van der Waals surface area contributed by atoms with Gasteiger partial charge in [0.05, 0.1) is 31.9 Å². The Morgan fingerprint density at radius 3 is 2.39 bits per heavy atom. The highest BCUT2D eigenvalue weighted by molar-refractivity contribution is 6.46. The fraction of sp³-hybridized carbons (Fsp3) is 0.250. The number of hydrogen-bond donors (Lipinski definition) is 1. The van der Waals surface area contributed by atoms with Crippen LogP contribution in [0.25, 0.3) is 5.76 Å². The zero-order valence-electron chi connectivity index (χ0n) is 20.4. The lowest BCUT2D eigenvalue weighted by Crippen LogP contribution is -2.29. The average molecular weight is 489 g/mol. The molecule has 4 rings (SSSR count). The number of likely N-dealkylation sites (tertiary alicyclic amines) is 1. The molecule has 8 nitrogen and oxygen atoms in total. The number of aliphatic hydroxyl groups is 1. The Morgan fingerprint density at radius 2 is 1.75 bits per heavy atom. The lowest BCUT2D eigenvalue weighted by Gasteiger charge is -2.26. The molecule has 36 heavy (non-hydrogen) atoms. The van der Waals surface area contributed by atoms with E-state index in [9.17, 15) is 14.7 Å². The second-order valence-corrected chi connectivity index (χ2v) is 8.09. The standard InChI is InChI=1S/C28H28N2O6/c1-4-35-21-11-8-19(9-12-21)26(31)24-25(20-10-13-22(36-5-2)23(15-20)34-3)30(28(33)27(24)32)17-18-7-6-14-29-16-18/h6-16,25,31H,4-5,17H2,1-3H3/t25-/m1/s1. The zero-order chi connectivity index (χ0) is 25.7. The topological polar surface area (TPSA) is 98.2 Å². The molecule has 3 aromatic rings. The van der Waals surface area contributed by atoms with Gasteiger partial charge in [0, 0.05) is 24.5 Å². The van der Waals surface area contributed by atoms with Crippen LogP contribution >= 0.6 is 0 Å². The summed E-state index contributed by atoms with van der Waals surface area (Å²) < 4.78 is 16.6. The van der Waals surface area contributed by atoms with Crippen LogP contribution in [0.5, 0.6) is 17.2 Å². The third kappa shape index (κ3) is 4.88. The van der Waals surface area contributed by atoms with Crippen molar-refractivity contribution in [3.05, 3.63) is 89.3 Å². The van der Waals surface area contributed by atoms with E-state index in [2.05, 4.69) is 4.98 Å². The van der Waals surface area contributed by atoms with E-state index in [1.165, 1.54) is 12.0 Å². The van der Waals surface area contributed by atoms with E-state index in [0.29, 0.717) is 41.6 Å². The lowest BCUT2D eigenvalue weighted by atomic mass is 9.94. The normalized spacial score (nSPS) is 16.8. The van der Waals surface area contributed by atoms with Crippen molar-refractivity contribution in [2.45, 2.75) is 26.4 Å². The predicted molar refractivity (Wildman–Crippen MR) is 134 cm³/mol. The molecule has 186 valence electrons. The van der Waals surface area contributed by atoms with Crippen molar-refractivity contribution < 1.29 is 28.9 Å². The summed E-state index contributed by atoms with van der Waals surface area (Å²) in [6, 6.07) is 14.7. The highest BCUT2D eigenvalue weighted by Crippen LogP contribution is 2.42. The molecule has 0 unspecified atom stereocenters. The second kappa shape index (κ2) is 10.9. The van der Waals surface area contributed by atoms with E-state index in [1.54, 1.807) is 60.9 Å². The molecule has 1 aliphatic rings. The van der Waals surface area contributed by atoms with Gasteiger partial charge in [-0.15, -0.1) is 0 Å². The van der Waals surface area contributed by atoms with Gasteiger partial charge in [0.2, 0.25) is 0 Å². The summed E-state index contributed by atoms with van der Waals surface area (Å²) in [5, 5.41) is 11.3. The van der Waals surface area contributed by atoms with Gasteiger partial charge in [-0.3, -0.25) is 14.6 Å². The zero-order valence-corrected chi connectivity index (χ0v) is 20.4. The third-order valence-electron chi connectivity index (χ3n) is 5.86. The van der Waals surface area contributed by atoms with Gasteiger partial charge in [-0.05, 0) is 67.4 Å². The largest absolute Gasteiger partial charge is 0.507 e. The number of carbonyl (C=O) groups excluding carboxylic acids is 2. The number of ether oxygens (including phenoxy) is 3. The van der Waals surface area contributed by atoms with Gasteiger partial charge in [0.15, 0.2) is 11.5 Å². The molecule has 0 spiro atoms. The number of aromatic nitrogens is 1. The monoisotopic (exact) mass is 488 g/mol. The maximum atomic E-state index is 13.3. The van der Waals surface area contributed by atoms with Gasteiger partial charge in [-0.2, -0.15) is 0 Å². The molecular weight excluding hydrogens is 460 g/mol. The van der Waals surface area contributed by atoms with E-state index in [4.69, 9.17) is 14.2 Å². The van der Waals surface area contributed by atoms with Gasteiger partial charge >= 0.3 is 0 Å². The summed E-state index contributed by atoms with van der Waals surface area (Å²) in [6.07, 6.45) is 3.28. The molecule has 1 saturated heterocycles. The molecule has 1 aliphatic heterocycles. The maximum absolute atomic E-state index is 13.3. The minimum absolute atomic E-state index is 0.000682. The van der Waals surface area contributed by atoms with E-state index in [1.807, 2.05) is 19.9 Å². The number of pyridine rings is 1. The van der Waals surface area contributed by atoms with Crippen molar-refractivity contribution in [3.8, 4) is 17.2 Å². The molecule has 0 bridgehead atoms. The SMILES string of the molecule is CCOc1ccc(C(O)=C2C(=O)C(=O)N(Cc3cccnc3)[C@@H]2c2ccc(OCC)c(OC)c2)cc1. The Labute approximate surface area is 209 Å². The highest BCUT2D eigenvalue weighted by Gasteiger charge is 2.46. The number of amides is 1. The summed E-state index contributed by atoms with van der Waals surface area (Å²) in [5.41, 5.74) is 1.76. The number of rotatable bonds is 9. The van der Waals surface area contributed by atoms with Crippen LogP contribution in [0.2, 0.25) is 0 Å². The molecule has 1 aromatic heterocycles. The van der Waals surface area contributed by atoms with Crippen molar-refractivity contribution in [1.29, 1.82) is 0 Å². The molecule has 8 heteroatoms. The van der Waals surface area contributed by atoms with Crippen molar-refractivity contribution in [2.75, 3.05) is 20.3 Å². The number of aliphatic hydroxyl groups excluding tert-OH is 1. The Bertz CT molecular complexity index is 1270. The van der Waals surface area contributed by atoms with Crippen molar-refractivity contribution in [1.82, 2.24) is 9.88 Å². The molecule has 2 aromatic carbocycles. The summed E-state index contributed by atoms with van der Waals surface area (Å²) >= 11 is 0. The molecule has 1 atom stereocenters. The summed E-state index contributed by atoms with van der Waals surface area (Å²) in [6.45, 7) is 4.84. The fourth-order valence-corrected chi connectivity index (χ4v) is 4.24. The van der Waals surface area contributed by atoms with Crippen LogP contribution in [-0.2, 0) is 16.1 Å². The van der Waals surface area contributed by atoms with E-state index < -0.39 is 17.7 Å². The number of carbonyl (C=O) groups is 2. The van der Waals surface area contributed by atoms with Crippen molar-refractivity contribution >= 4 is 17.4 Å². The van der Waals surface area contributed by atoms with Crippen LogP contribution in [0.3, 0.4) is 0 Å². The number of methoxy groups -OCH3 is 1. The first kappa shape index (κ1) is 24.8. The first-order chi connectivity index (χ1) is 17.5. The third-order valence-corrected chi connectivity index (χ3v) is 5.86. The van der Waals surface area contributed by atoms with Gasteiger partial charge < -0.3 is 24.2 Å². The second-order valence-electron chi connectivity index (χ2n) is 8.09. The quantitative estimate of drug-likeness (QED) is 0.269. The minimum Gasteiger partial charge on any atom is -0.507 e. The lowest BCUT2D eigenvalue weighted by molar-refractivity contribution is -0.140. The molecule has 0 saturated carbocycles. The molecular formula is C28H28N2O6. The van der Waals surface area contributed by atoms with Crippen LogP contribution in [0, 0.1) is 0 Å². The Balaban J connectivity index is 1.85. The smallest absolute Gasteiger partial charge is 0.295 e. The summed E-state index contributed by atoms with van der Waals surface area (Å²) in [4.78, 5) is 32.1. The molecule has 2 heterocycles. The number of ketones is 1. The predicted octanol–water partition coefficient (Wildman–Crippen LogP) is 4.51. The van der Waals surface area contributed by atoms with Crippen LogP contribution < -0.4 is 14.2 Å². The first-order valence-electron chi connectivity index (χ1n) is 11.7. The minimum atomic E-state index is -0.846.